The van der Waals surface area contributed by atoms with E-state index in [1.165, 1.54) is 12.1 Å². The Bertz CT molecular complexity index is 564. The van der Waals surface area contributed by atoms with Crippen LogP contribution in [-0.4, -0.2) is 13.6 Å². The molecule has 1 N–H and O–H groups in total. The van der Waals surface area contributed by atoms with E-state index < -0.39 is 11.6 Å². The fourth-order valence-corrected chi connectivity index (χ4v) is 2.65. The zero-order valence-corrected chi connectivity index (χ0v) is 12.6. The third kappa shape index (κ3) is 5.10. The highest BCUT2D eigenvalue weighted by molar-refractivity contribution is 6.30. The van der Waals surface area contributed by atoms with Gasteiger partial charge in [-0.25, -0.2) is 8.78 Å². The quantitative estimate of drug-likeness (QED) is 0.841. The molecule has 4 heteroatoms. The van der Waals surface area contributed by atoms with Crippen LogP contribution < -0.4 is 5.32 Å². The van der Waals surface area contributed by atoms with Gasteiger partial charge in [-0.3, -0.25) is 0 Å². The number of halogens is 3. The molecule has 0 saturated heterocycles. The molecule has 2 aromatic rings. The minimum Gasteiger partial charge on any atom is -0.319 e. The Morgan fingerprint density at radius 1 is 0.952 bits per heavy atom. The van der Waals surface area contributed by atoms with Crippen molar-refractivity contribution in [3.05, 3.63) is 70.2 Å². The Morgan fingerprint density at radius 2 is 1.52 bits per heavy atom. The third-order valence-electron chi connectivity index (χ3n) is 3.38. The average Bonchev–Trinajstić information content (AvgIpc) is 2.40. The van der Waals surface area contributed by atoms with Crippen LogP contribution in [0.5, 0.6) is 0 Å². The minimum atomic E-state index is -0.528. The second-order valence-corrected chi connectivity index (χ2v) is 5.67. The molecule has 2 aromatic carbocycles. The van der Waals surface area contributed by atoms with Gasteiger partial charge in [0.05, 0.1) is 0 Å². The standard InChI is InChI=1S/C17H18ClF2N/c1-21-11-14(6-12-2-4-15(18)5-3-12)7-13-8-16(19)10-17(20)9-13/h2-5,8-10,14,21H,6-7,11H2,1H3. The molecule has 21 heavy (non-hydrogen) atoms. The Balaban J connectivity index is 2.09. The van der Waals surface area contributed by atoms with Crippen LogP contribution in [0.15, 0.2) is 42.5 Å². The number of rotatable bonds is 6. The van der Waals surface area contributed by atoms with Gasteiger partial charge in [-0.1, -0.05) is 23.7 Å². The summed E-state index contributed by atoms with van der Waals surface area (Å²) in [5.74, 6) is -0.795. The molecule has 0 bridgehead atoms. The summed E-state index contributed by atoms with van der Waals surface area (Å²) in [6.07, 6.45) is 1.45. The predicted octanol–water partition coefficient (Wildman–Crippen LogP) is 4.24. The molecule has 0 saturated carbocycles. The first-order valence-electron chi connectivity index (χ1n) is 6.91. The van der Waals surface area contributed by atoms with Crippen molar-refractivity contribution in [2.24, 2.45) is 5.92 Å². The Morgan fingerprint density at radius 3 is 2.10 bits per heavy atom. The van der Waals surface area contributed by atoms with Crippen LogP contribution in [0.3, 0.4) is 0 Å². The lowest BCUT2D eigenvalue weighted by Gasteiger charge is -2.17. The predicted molar refractivity (Wildman–Crippen MR) is 82.6 cm³/mol. The van der Waals surface area contributed by atoms with E-state index in [1.807, 2.05) is 31.3 Å². The maximum absolute atomic E-state index is 13.3. The summed E-state index contributed by atoms with van der Waals surface area (Å²) in [6, 6.07) is 11.4. The summed E-state index contributed by atoms with van der Waals surface area (Å²) in [4.78, 5) is 0. The van der Waals surface area contributed by atoms with Crippen LogP contribution in [0.25, 0.3) is 0 Å². The van der Waals surface area contributed by atoms with Crippen molar-refractivity contribution in [1.82, 2.24) is 5.32 Å². The molecule has 1 unspecified atom stereocenters. The SMILES string of the molecule is CNCC(Cc1ccc(Cl)cc1)Cc1cc(F)cc(F)c1. The zero-order chi connectivity index (χ0) is 15.2. The van der Waals surface area contributed by atoms with Crippen LogP contribution >= 0.6 is 11.6 Å². The summed E-state index contributed by atoms with van der Waals surface area (Å²) in [7, 11) is 1.88. The number of nitrogens with one attached hydrogen (secondary N) is 1. The lowest BCUT2D eigenvalue weighted by molar-refractivity contribution is 0.489. The van der Waals surface area contributed by atoms with Crippen molar-refractivity contribution in [2.45, 2.75) is 12.8 Å². The number of hydrogen-bond donors (Lipinski definition) is 1. The van der Waals surface area contributed by atoms with Gasteiger partial charge in [0.25, 0.3) is 0 Å². The van der Waals surface area contributed by atoms with Gasteiger partial charge in [-0.15, -0.1) is 0 Å². The summed E-state index contributed by atoms with van der Waals surface area (Å²) >= 11 is 5.88. The van der Waals surface area contributed by atoms with Crippen molar-refractivity contribution in [3.63, 3.8) is 0 Å². The first kappa shape index (κ1) is 15.9. The van der Waals surface area contributed by atoms with Gasteiger partial charge < -0.3 is 5.32 Å². The smallest absolute Gasteiger partial charge is 0.126 e. The zero-order valence-electron chi connectivity index (χ0n) is 11.9. The average molecular weight is 310 g/mol. The molecule has 0 aliphatic carbocycles. The van der Waals surface area contributed by atoms with E-state index in [0.717, 1.165) is 24.6 Å². The van der Waals surface area contributed by atoms with Crippen molar-refractivity contribution in [1.29, 1.82) is 0 Å². The molecule has 0 fully saturated rings. The maximum Gasteiger partial charge on any atom is 0.126 e. The largest absolute Gasteiger partial charge is 0.319 e. The van der Waals surface area contributed by atoms with Gasteiger partial charge in [0.1, 0.15) is 11.6 Å². The lowest BCUT2D eigenvalue weighted by atomic mass is 9.92. The lowest BCUT2D eigenvalue weighted by Crippen LogP contribution is -2.23. The molecule has 0 aliphatic heterocycles. The van der Waals surface area contributed by atoms with Crippen LogP contribution in [0.2, 0.25) is 5.02 Å². The second-order valence-electron chi connectivity index (χ2n) is 5.24. The van der Waals surface area contributed by atoms with E-state index in [-0.39, 0.29) is 5.92 Å². The number of benzene rings is 2. The highest BCUT2D eigenvalue weighted by Gasteiger charge is 2.12. The van der Waals surface area contributed by atoms with E-state index >= 15 is 0 Å². The Kier molecular flexibility index (Phi) is 5.71. The number of hydrogen-bond acceptors (Lipinski definition) is 1. The maximum atomic E-state index is 13.3. The molecular weight excluding hydrogens is 292 g/mol. The van der Waals surface area contributed by atoms with Gasteiger partial charge >= 0.3 is 0 Å². The second kappa shape index (κ2) is 7.53. The topological polar surface area (TPSA) is 12.0 Å². The van der Waals surface area contributed by atoms with Crippen molar-refractivity contribution in [2.75, 3.05) is 13.6 Å². The van der Waals surface area contributed by atoms with E-state index in [9.17, 15) is 8.78 Å². The van der Waals surface area contributed by atoms with Crippen LogP contribution in [0.1, 0.15) is 11.1 Å². The molecule has 0 radical (unpaired) electrons. The summed E-state index contributed by atoms with van der Waals surface area (Å²) in [5.41, 5.74) is 1.85. The summed E-state index contributed by atoms with van der Waals surface area (Å²) in [5, 5.41) is 3.84. The Labute approximate surface area is 128 Å². The van der Waals surface area contributed by atoms with E-state index in [2.05, 4.69) is 5.32 Å². The van der Waals surface area contributed by atoms with E-state index in [0.29, 0.717) is 17.0 Å². The van der Waals surface area contributed by atoms with E-state index in [1.54, 1.807) is 0 Å². The summed E-state index contributed by atoms with van der Waals surface area (Å²) < 4.78 is 26.5. The fraction of sp³-hybridized carbons (Fsp3) is 0.294. The van der Waals surface area contributed by atoms with Gasteiger partial charge in [-0.2, -0.15) is 0 Å². The third-order valence-corrected chi connectivity index (χ3v) is 3.63. The molecular formula is C17H18ClF2N. The molecule has 1 nitrogen and oxygen atoms in total. The molecule has 0 aromatic heterocycles. The molecule has 1 atom stereocenters. The normalized spacial score (nSPS) is 12.4. The first-order chi connectivity index (χ1) is 10.1. The fourth-order valence-electron chi connectivity index (χ4n) is 2.52. The summed E-state index contributed by atoms with van der Waals surface area (Å²) in [6.45, 7) is 0.779. The van der Waals surface area contributed by atoms with Crippen LogP contribution in [0.4, 0.5) is 8.78 Å². The Hall–Kier alpha value is -1.45. The molecule has 0 aliphatic rings. The monoisotopic (exact) mass is 309 g/mol. The van der Waals surface area contributed by atoms with Crippen molar-refractivity contribution < 1.29 is 8.78 Å². The molecule has 2 rings (SSSR count). The van der Waals surface area contributed by atoms with Gasteiger partial charge in [-0.05, 0) is 67.7 Å². The highest BCUT2D eigenvalue weighted by atomic mass is 35.5. The van der Waals surface area contributed by atoms with Crippen LogP contribution in [-0.2, 0) is 12.8 Å². The van der Waals surface area contributed by atoms with Crippen molar-refractivity contribution >= 4 is 11.6 Å². The molecule has 0 amide bonds. The molecule has 0 heterocycles. The van der Waals surface area contributed by atoms with Crippen molar-refractivity contribution in [3.8, 4) is 0 Å². The minimum absolute atomic E-state index is 0.261. The molecule has 0 spiro atoms. The highest BCUT2D eigenvalue weighted by Crippen LogP contribution is 2.18. The van der Waals surface area contributed by atoms with Gasteiger partial charge in [0.15, 0.2) is 0 Å². The van der Waals surface area contributed by atoms with Gasteiger partial charge in [0.2, 0.25) is 0 Å². The first-order valence-corrected chi connectivity index (χ1v) is 7.28. The van der Waals surface area contributed by atoms with Gasteiger partial charge in [0, 0.05) is 11.1 Å². The van der Waals surface area contributed by atoms with E-state index in [4.69, 9.17) is 11.6 Å². The van der Waals surface area contributed by atoms with Crippen LogP contribution in [0, 0.1) is 17.6 Å². The molecule has 112 valence electrons.